The molecule has 0 atom stereocenters. The highest BCUT2D eigenvalue weighted by atomic mass is 16.2. The van der Waals surface area contributed by atoms with E-state index in [0.717, 1.165) is 16.7 Å². The number of allylic oxidation sites excluding steroid dienone is 1. The number of H-pyrrole nitrogens is 1. The van der Waals surface area contributed by atoms with Crippen LogP contribution < -0.4 is 11.0 Å². The third-order valence-electron chi connectivity index (χ3n) is 4.38. The predicted octanol–water partition coefficient (Wildman–Crippen LogP) is 1.08. The van der Waals surface area contributed by atoms with Crippen LogP contribution in [0.1, 0.15) is 12.8 Å². The van der Waals surface area contributed by atoms with E-state index in [4.69, 9.17) is 0 Å². The summed E-state index contributed by atoms with van der Waals surface area (Å²) in [6, 6.07) is 7.46. The number of hydrogen-bond donors (Lipinski definition) is 2. The second kappa shape index (κ2) is 3.17. The largest absolute Gasteiger partial charge is 0.328 e. The van der Waals surface area contributed by atoms with Gasteiger partial charge in [0.2, 0.25) is 0 Å². The van der Waals surface area contributed by atoms with Crippen LogP contribution in [0.2, 0.25) is 0 Å². The van der Waals surface area contributed by atoms with Crippen molar-refractivity contribution in [2.75, 3.05) is 0 Å². The number of nitrogens with zero attached hydrogens (tertiary/aromatic N) is 1. The molecule has 0 radical (unpaired) electrons. The van der Waals surface area contributed by atoms with Crippen molar-refractivity contribution in [3.05, 3.63) is 47.0 Å². The van der Waals surface area contributed by atoms with Gasteiger partial charge in [0.1, 0.15) is 5.54 Å². The fraction of sp³-hybridized carbons (Fsp3) is 0.286. The van der Waals surface area contributed by atoms with Gasteiger partial charge >= 0.3 is 5.69 Å². The minimum atomic E-state index is -0.734. The molecule has 0 spiro atoms. The summed E-state index contributed by atoms with van der Waals surface area (Å²) in [6.45, 7) is 3.85. The van der Waals surface area contributed by atoms with Gasteiger partial charge in [-0.3, -0.25) is 9.36 Å². The van der Waals surface area contributed by atoms with Crippen molar-refractivity contribution in [2.24, 2.45) is 5.92 Å². The van der Waals surface area contributed by atoms with E-state index in [9.17, 15) is 9.59 Å². The maximum Gasteiger partial charge on any atom is 0.327 e. The van der Waals surface area contributed by atoms with Crippen molar-refractivity contribution in [2.45, 2.75) is 18.4 Å². The van der Waals surface area contributed by atoms with Crippen LogP contribution in [0.25, 0.3) is 11.0 Å². The standard InChI is InChI=1S/C14H13N3O2/c1-8-9-6-14(7-9,12(18)15-8)17-11-5-3-2-4-10(11)16-13(17)19/h2-5,9H,1,6-7H2,(H,15,18)(H,16,19). The van der Waals surface area contributed by atoms with Crippen molar-refractivity contribution in [1.29, 1.82) is 0 Å². The first-order valence-corrected chi connectivity index (χ1v) is 6.32. The van der Waals surface area contributed by atoms with Crippen molar-refractivity contribution in [3.8, 4) is 0 Å². The van der Waals surface area contributed by atoms with E-state index in [1.165, 1.54) is 0 Å². The zero-order chi connectivity index (χ0) is 13.2. The number of nitrogens with one attached hydrogen (secondary N) is 2. The lowest BCUT2D eigenvalue weighted by Gasteiger charge is -2.52. The molecule has 2 N–H and O–H groups in total. The molecule has 1 aromatic carbocycles. The molecule has 0 unspecified atom stereocenters. The Morgan fingerprint density at radius 3 is 2.74 bits per heavy atom. The maximum absolute atomic E-state index is 12.3. The lowest BCUT2D eigenvalue weighted by atomic mass is 9.63. The van der Waals surface area contributed by atoms with Gasteiger partial charge in [-0.15, -0.1) is 0 Å². The Labute approximate surface area is 108 Å². The number of fused-ring (bicyclic) bond motifs is 3. The van der Waals surface area contributed by atoms with Crippen LogP contribution in [0.3, 0.4) is 0 Å². The van der Waals surface area contributed by atoms with Gasteiger partial charge in [0.15, 0.2) is 0 Å². The minimum absolute atomic E-state index is 0.119. The van der Waals surface area contributed by atoms with Gasteiger partial charge in [-0.25, -0.2) is 4.79 Å². The van der Waals surface area contributed by atoms with Gasteiger partial charge < -0.3 is 10.3 Å². The van der Waals surface area contributed by atoms with Crippen LogP contribution in [0.5, 0.6) is 0 Å². The summed E-state index contributed by atoms with van der Waals surface area (Å²) >= 11 is 0. The molecule has 19 heavy (non-hydrogen) atoms. The third-order valence-corrected chi connectivity index (χ3v) is 4.38. The molecular formula is C14H13N3O2. The van der Waals surface area contributed by atoms with Crippen molar-refractivity contribution in [1.82, 2.24) is 14.9 Å². The Hall–Kier alpha value is -2.30. The Balaban J connectivity index is 1.97. The minimum Gasteiger partial charge on any atom is -0.328 e. The average Bonchev–Trinajstić information content (AvgIpc) is 2.64. The SMILES string of the molecule is C=C1NC(=O)C2(n3c(=O)[nH]c4ccccc43)CC1C2. The van der Waals surface area contributed by atoms with E-state index < -0.39 is 5.54 Å². The van der Waals surface area contributed by atoms with E-state index in [-0.39, 0.29) is 11.6 Å². The zero-order valence-corrected chi connectivity index (χ0v) is 10.3. The van der Waals surface area contributed by atoms with Crippen LogP contribution in [0.4, 0.5) is 0 Å². The molecule has 5 nitrogen and oxygen atoms in total. The molecule has 3 heterocycles. The van der Waals surface area contributed by atoms with Gasteiger partial charge in [-0.05, 0) is 25.0 Å². The number of hydrogen-bond acceptors (Lipinski definition) is 2. The molecule has 2 aromatic rings. The van der Waals surface area contributed by atoms with Gasteiger partial charge in [0.25, 0.3) is 5.91 Å². The number of rotatable bonds is 1. The molecule has 5 heteroatoms. The van der Waals surface area contributed by atoms with E-state index >= 15 is 0 Å². The van der Waals surface area contributed by atoms with E-state index in [1.54, 1.807) is 4.57 Å². The summed E-state index contributed by atoms with van der Waals surface area (Å²) in [6.07, 6.45) is 1.33. The highest BCUT2D eigenvalue weighted by molar-refractivity contribution is 5.91. The zero-order valence-electron chi connectivity index (χ0n) is 10.3. The number of amides is 1. The third kappa shape index (κ3) is 1.15. The normalized spacial score (nSPS) is 29.2. The molecule has 1 aliphatic carbocycles. The van der Waals surface area contributed by atoms with Crippen molar-refractivity contribution >= 4 is 16.9 Å². The van der Waals surface area contributed by atoms with Crippen molar-refractivity contribution < 1.29 is 4.79 Å². The lowest BCUT2D eigenvalue weighted by molar-refractivity contribution is -0.140. The van der Waals surface area contributed by atoms with Crippen molar-refractivity contribution in [3.63, 3.8) is 0 Å². The summed E-state index contributed by atoms with van der Waals surface area (Å²) in [5.74, 6) is 0.171. The highest BCUT2D eigenvalue weighted by Gasteiger charge is 2.57. The molecule has 2 bridgehead atoms. The molecular weight excluding hydrogens is 242 g/mol. The number of imidazole rings is 1. The summed E-state index contributed by atoms with van der Waals surface area (Å²) in [5, 5.41) is 2.79. The number of aromatic nitrogens is 2. The Bertz CT molecular complexity index is 777. The molecule has 2 aliphatic heterocycles. The first kappa shape index (κ1) is 10.6. The van der Waals surface area contributed by atoms with Gasteiger partial charge in [0.05, 0.1) is 11.0 Å². The Kier molecular flexibility index (Phi) is 1.77. The molecule has 96 valence electrons. The van der Waals surface area contributed by atoms with Crippen LogP contribution in [-0.2, 0) is 10.3 Å². The molecule has 1 saturated carbocycles. The number of carbonyl (C=O) groups excluding carboxylic acids is 1. The van der Waals surface area contributed by atoms with Crippen LogP contribution in [0, 0.1) is 5.92 Å². The van der Waals surface area contributed by atoms with Crippen LogP contribution in [0.15, 0.2) is 41.3 Å². The van der Waals surface area contributed by atoms with E-state index in [2.05, 4.69) is 16.9 Å². The molecule has 2 saturated heterocycles. The van der Waals surface area contributed by atoms with Crippen LogP contribution >= 0.6 is 0 Å². The fourth-order valence-electron chi connectivity index (χ4n) is 3.32. The van der Waals surface area contributed by atoms with E-state index in [1.807, 2.05) is 24.3 Å². The average molecular weight is 255 g/mol. The number of benzene rings is 1. The van der Waals surface area contributed by atoms with E-state index in [0.29, 0.717) is 18.8 Å². The predicted molar refractivity (Wildman–Crippen MR) is 70.5 cm³/mol. The Morgan fingerprint density at radius 2 is 2.00 bits per heavy atom. The van der Waals surface area contributed by atoms with Gasteiger partial charge in [-0.1, -0.05) is 18.7 Å². The smallest absolute Gasteiger partial charge is 0.327 e. The molecule has 1 aromatic heterocycles. The number of carbonyl (C=O) groups is 1. The summed E-state index contributed by atoms with van der Waals surface area (Å²) in [5.41, 5.74) is 1.38. The summed E-state index contributed by atoms with van der Waals surface area (Å²) < 4.78 is 1.61. The molecule has 3 aliphatic rings. The first-order chi connectivity index (χ1) is 9.12. The molecule has 1 amide bonds. The first-order valence-electron chi connectivity index (χ1n) is 6.32. The maximum atomic E-state index is 12.3. The number of aromatic amines is 1. The fourth-order valence-corrected chi connectivity index (χ4v) is 3.32. The number of piperidine rings is 2. The molecule has 3 fully saturated rings. The van der Waals surface area contributed by atoms with Gasteiger partial charge in [-0.2, -0.15) is 0 Å². The second-order valence-corrected chi connectivity index (χ2v) is 5.40. The quantitative estimate of drug-likeness (QED) is 0.800. The Morgan fingerprint density at radius 1 is 1.26 bits per heavy atom. The highest BCUT2D eigenvalue weighted by Crippen LogP contribution is 2.50. The van der Waals surface area contributed by atoms with Gasteiger partial charge in [0, 0.05) is 11.6 Å². The topological polar surface area (TPSA) is 66.9 Å². The van der Waals surface area contributed by atoms with Crippen LogP contribution in [-0.4, -0.2) is 15.5 Å². The molecule has 5 rings (SSSR count). The lowest BCUT2D eigenvalue weighted by Crippen LogP contribution is -2.64. The second-order valence-electron chi connectivity index (χ2n) is 5.40. The monoisotopic (exact) mass is 255 g/mol. The summed E-state index contributed by atoms with van der Waals surface area (Å²) in [4.78, 5) is 27.3. The number of para-hydroxylation sites is 2. The summed E-state index contributed by atoms with van der Waals surface area (Å²) in [7, 11) is 0.